The SMILES string of the molecule is CC\C=C/C=C\C=C/C=C\C=C\C=C/C=C\CCCCCC(=O)OCC(COC(=O)CCCCC/C=C\CCCCCCCC)OC(=O)CCCCCCCCCCCCCCCCC. The smallest absolute Gasteiger partial charge is 0.306 e. The third kappa shape index (κ3) is 51.2. The second-order valence-electron chi connectivity index (χ2n) is 17.6. The Morgan fingerprint density at radius 3 is 1.00 bits per heavy atom. The molecule has 0 aliphatic heterocycles. The predicted octanol–water partition coefficient (Wildman–Crippen LogP) is 17.8. The summed E-state index contributed by atoms with van der Waals surface area (Å²) in [4.78, 5) is 38.0. The van der Waals surface area contributed by atoms with Crippen molar-refractivity contribution in [1.82, 2.24) is 0 Å². The molecule has 0 fully saturated rings. The zero-order valence-corrected chi connectivity index (χ0v) is 42.2. The largest absolute Gasteiger partial charge is 0.462 e. The van der Waals surface area contributed by atoms with Gasteiger partial charge in [0.05, 0.1) is 0 Å². The van der Waals surface area contributed by atoms with Gasteiger partial charge in [-0.2, -0.15) is 0 Å². The van der Waals surface area contributed by atoms with E-state index in [1.54, 1.807) is 0 Å². The third-order valence-corrected chi connectivity index (χ3v) is 11.3. The van der Waals surface area contributed by atoms with Gasteiger partial charge in [-0.1, -0.05) is 253 Å². The van der Waals surface area contributed by atoms with Crippen LogP contribution in [0.3, 0.4) is 0 Å². The third-order valence-electron chi connectivity index (χ3n) is 11.3. The van der Waals surface area contributed by atoms with E-state index in [2.05, 4.69) is 45.1 Å². The summed E-state index contributed by atoms with van der Waals surface area (Å²) in [6.07, 6.45) is 69.6. The minimum absolute atomic E-state index is 0.0995. The standard InChI is InChI=1S/C59H98O6/c1-4-7-10-13-16-19-22-25-27-28-29-30-32-34-37-40-43-46-49-52-58(61)64-55-56(54-63-57(60)51-48-45-42-39-36-33-24-21-18-15-12-9-6-3)65-59(62)53-50-47-44-41-38-35-31-26-23-20-17-14-11-8-5-2/h7,10,13,16,19,22,25,27-30,32-34,36-37,56H,4-6,8-9,11-12,14-15,17-18,20-21,23-24,26,31,35,38-55H2,1-3H3/b10-7-,16-13-,22-19-,27-25-,29-28+,32-30-,36-33-,37-34-. The molecule has 1 unspecified atom stereocenters. The second-order valence-corrected chi connectivity index (χ2v) is 17.6. The van der Waals surface area contributed by atoms with Crippen LogP contribution in [-0.2, 0) is 28.6 Å². The van der Waals surface area contributed by atoms with Crippen molar-refractivity contribution in [2.24, 2.45) is 0 Å². The summed E-state index contributed by atoms with van der Waals surface area (Å²) < 4.78 is 16.8. The van der Waals surface area contributed by atoms with Crippen LogP contribution in [0, 0.1) is 0 Å². The van der Waals surface area contributed by atoms with E-state index in [1.807, 2.05) is 72.9 Å². The quantitative estimate of drug-likeness (QED) is 0.0199. The van der Waals surface area contributed by atoms with Crippen LogP contribution in [0.5, 0.6) is 0 Å². The first kappa shape index (κ1) is 61.3. The van der Waals surface area contributed by atoms with Crippen LogP contribution < -0.4 is 0 Å². The predicted molar refractivity (Wildman–Crippen MR) is 279 cm³/mol. The number of esters is 3. The van der Waals surface area contributed by atoms with Crippen molar-refractivity contribution in [3.05, 3.63) is 97.2 Å². The van der Waals surface area contributed by atoms with Gasteiger partial charge in [0.2, 0.25) is 0 Å². The van der Waals surface area contributed by atoms with Crippen molar-refractivity contribution in [2.45, 2.75) is 245 Å². The molecule has 0 aromatic rings. The van der Waals surface area contributed by atoms with E-state index in [-0.39, 0.29) is 31.1 Å². The Balaban J connectivity index is 4.50. The summed E-state index contributed by atoms with van der Waals surface area (Å²) in [5, 5.41) is 0. The molecule has 0 aliphatic rings. The molecule has 6 heteroatoms. The molecule has 0 bridgehead atoms. The maximum Gasteiger partial charge on any atom is 0.306 e. The van der Waals surface area contributed by atoms with Gasteiger partial charge in [0.15, 0.2) is 6.10 Å². The van der Waals surface area contributed by atoms with Crippen molar-refractivity contribution in [3.8, 4) is 0 Å². The Bertz CT molecular complexity index is 1310. The van der Waals surface area contributed by atoms with Crippen LogP contribution in [0.15, 0.2) is 97.2 Å². The van der Waals surface area contributed by atoms with Crippen LogP contribution in [0.1, 0.15) is 239 Å². The molecular weight excluding hydrogens is 805 g/mol. The zero-order chi connectivity index (χ0) is 47.2. The number of hydrogen-bond donors (Lipinski definition) is 0. The first-order chi connectivity index (χ1) is 32.0. The fourth-order valence-electron chi connectivity index (χ4n) is 7.24. The molecule has 0 saturated heterocycles. The van der Waals surface area contributed by atoms with Crippen molar-refractivity contribution in [3.63, 3.8) is 0 Å². The Morgan fingerprint density at radius 1 is 0.323 bits per heavy atom. The molecule has 0 saturated carbocycles. The van der Waals surface area contributed by atoms with E-state index < -0.39 is 6.10 Å². The minimum atomic E-state index is -0.801. The van der Waals surface area contributed by atoms with E-state index in [4.69, 9.17) is 14.2 Å². The summed E-state index contributed by atoms with van der Waals surface area (Å²) in [6.45, 7) is 6.44. The molecule has 6 nitrogen and oxygen atoms in total. The maximum absolute atomic E-state index is 12.8. The molecule has 0 aromatic heterocycles. The molecule has 0 spiro atoms. The molecule has 0 N–H and O–H groups in total. The highest BCUT2D eigenvalue weighted by Crippen LogP contribution is 2.15. The summed E-state index contributed by atoms with van der Waals surface area (Å²) in [5.74, 6) is -0.958. The second kappa shape index (κ2) is 52.9. The maximum atomic E-state index is 12.8. The van der Waals surface area contributed by atoms with Crippen LogP contribution >= 0.6 is 0 Å². The summed E-state index contributed by atoms with van der Waals surface area (Å²) in [5.41, 5.74) is 0. The van der Waals surface area contributed by atoms with Gasteiger partial charge in [0.25, 0.3) is 0 Å². The van der Waals surface area contributed by atoms with E-state index in [0.29, 0.717) is 19.3 Å². The molecule has 0 rings (SSSR count). The Labute approximate surface area is 400 Å². The fourth-order valence-corrected chi connectivity index (χ4v) is 7.24. The van der Waals surface area contributed by atoms with Gasteiger partial charge in [0.1, 0.15) is 13.2 Å². The normalized spacial score (nSPS) is 12.8. The lowest BCUT2D eigenvalue weighted by Gasteiger charge is -2.18. The summed E-state index contributed by atoms with van der Waals surface area (Å²) in [6, 6.07) is 0. The van der Waals surface area contributed by atoms with Crippen molar-refractivity contribution in [1.29, 1.82) is 0 Å². The molecule has 0 heterocycles. The molecule has 0 amide bonds. The van der Waals surface area contributed by atoms with Crippen molar-refractivity contribution in [2.75, 3.05) is 13.2 Å². The average Bonchev–Trinajstić information content (AvgIpc) is 3.30. The van der Waals surface area contributed by atoms with Crippen LogP contribution in [-0.4, -0.2) is 37.2 Å². The van der Waals surface area contributed by atoms with E-state index in [1.165, 1.54) is 116 Å². The van der Waals surface area contributed by atoms with Gasteiger partial charge in [-0.25, -0.2) is 0 Å². The molecule has 0 aliphatic carbocycles. The lowest BCUT2D eigenvalue weighted by Crippen LogP contribution is -2.30. The zero-order valence-electron chi connectivity index (χ0n) is 42.2. The number of hydrogen-bond acceptors (Lipinski definition) is 6. The van der Waals surface area contributed by atoms with Gasteiger partial charge in [-0.05, 0) is 64.2 Å². The Morgan fingerprint density at radius 2 is 0.615 bits per heavy atom. The molecule has 370 valence electrons. The molecule has 65 heavy (non-hydrogen) atoms. The molecule has 0 radical (unpaired) electrons. The van der Waals surface area contributed by atoms with Gasteiger partial charge < -0.3 is 14.2 Å². The summed E-state index contributed by atoms with van der Waals surface area (Å²) >= 11 is 0. The van der Waals surface area contributed by atoms with Crippen LogP contribution in [0.4, 0.5) is 0 Å². The van der Waals surface area contributed by atoms with Crippen LogP contribution in [0.25, 0.3) is 0 Å². The van der Waals surface area contributed by atoms with Gasteiger partial charge in [-0.15, -0.1) is 0 Å². The highest BCUT2D eigenvalue weighted by Gasteiger charge is 2.19. The highest BCUT2D eigenvalue weighted by atomic mass is 16.6. The average molecular weight is 903 g/mol. The van der Waals surface area contributed by atoms with Gasteiger partial charge >= 0.3 is 17.9 Å². The first-order valence-electron chi connectivity index (χ1n) is 26.8. The molecular formula is C59H98O6. The molecule has 0 aromatic carbocycles. The van der Waals surface area contributed by atoms with E-state index in [9.17, 15) is 14.4 Å². The lowest BCUT2D eigenvalue weighted by molar-refractivity contribution is -0.167. The van der Waals surface area contributed by atoms with Crippen molar-refractivity contribution < 1.29 is 28.6 Å². The van der Waals surface area contributed by atoms with Crippen LogP contribution in [0.2, 0.25) is 0 Å². The van der Waals surface area contributed by atoms with Gasteiger partial charge in [0, 0.05) is 19.3 Å². The molecule has 1 atom stereocenters. The summed E-state index contributed by atoms with van der Waals surface area (Å²) in [7, 11) is 0. The Kier molecular flexibility index (Phi) is 50.0. The van der Waals surface area contributed by atoms with E-state index in [0.717, 1.165) is 83.5 Å². The minimum Gasteiger partial charge on any atom is -0.462 e. The van der Waals surface area contributed by atoms with Gasteiger partial charge in [-0.3, -0.25) is 14.4 Å². The first-order valence-corrected chi connectivity index (χ1v) is 26.8. The number of ether oxygens (including phenoxy) is 3. The number of carbonyl (C=O) groups is 3. The topological polar surface area (TPSA) is 78.9 Å². The lowest BCUT2D eigenvalue weighted by atomic mass is 10.0. The monoisotopic (exact) mass is 903 g/mol. The highest BCUT2D eigenvalue weighted by molar-refractivity contribution is 5.71. The van der Waals surface area contributed by atoms with Crippen molar-refractivity contribution >= 4 is 17.9 Å². The number of rotatable bonds is 47. The Hall–Kier alpha value is -3.67. The fraction of sp³-hybridized carbons (Fsp3) is 0.678. The number of carbonyl (C=O) groups excluding carboxylic acids is 3. The van der Waals surface area contributed by atoms with E-state index >= 15 is 0 Å². The number of allylic oxidation sites excluding steroid dienone is 16. The number of unbranched alkanes of at least 4 members (excludes halogenated alkanes) is 26.